The highest BCUT2D eigenvalue weighted by atomic mass is 32.2. The molecule has 0 N–H and O–H groups in total. The molecule has 4 unspecified atom stereocenters. The molecule has 2 rings (SSSR count). The lowest BCUT2D eigenvalue weighted by molar-refractivity contribution is 0.810. The molecule has 0 aromatic rings. The third-order valence-electron chi connectivity index (χ3n) is 3.00. The molecule has 0 aliphatic carbocycles. The van der Waals surface area contributed by atoms with Crippen molar-refractivity contribution in [1.29, 1.82) is 0 Å². The van der Waals surface area contributed by atoms with Crippen molar-refractivity contribution in [2.24, 2.45) is 11.8 Å². The van der Waals surface area contributed by atoms with Crippen LogP contribution in [0.5, 0.6) is 0 Å². The zero-order chi connectivity index (χ0) is 11.7. The molecule has 0 saturated heterocycles. The molecule has 2 heteroatoms. The average Bonchev–Trinajstić information content (AvgIpc) is 2.66. The van der Waals surface area contributed by atoms with Crippen molar-refractivity contribution < 1.29 is 0 Å². The number of allylic oxidation sites excluding steroid dienone is 4. The average molecular weight is 250 g/mol. The summed E-state index contributed by atoms with van der Waals surface area (Å²) in [7, 11) is 0. The Morgan fingerprint density at radius 1 is 0.875 bits per heavy atom. The van der Waals surface area contributed by atoms with Gasteiger partial charge in [-0.15, -0.1) is 23.5 Å². The third-order valence-corrected chi connectivity index (χ3v) is 5.35. The summed E-state index contributed by atoms with van der Waals surface area (Å²) < 4.78 is 0. The highest BCUT2D eigenvalue weighted by Gasteiger charge is 2.23. The lowest BCUT2D eigenvalue weighted by Crippen LogP contribution is -2.07. The van der Waals surface area contributed by atoms with E-state index in [0.717, 1.165) is 0 Å². The summed E-state index contributed by atoms with van der Waals surface area (Å²) >= 11 is 3.90. The van der Waals surface area contributed by atoms with Crippen molar-refractivity contribution in [3.05, 3.63) is 22.0 Å². The first kappa shape index (κ1) is 12.2. The lowest BCUT2D eigenvalue weighted by Gasteiger charge is -2.08. The predicted octanol–water partition coefficient (Wildman–Crippen LogP) is 4.30. The van der Waals surface area contributed by atoms with Gasteiger partial charge in [-0.1, -0.05) is 37.8 Å². The minimum Gasteiger partial charge on any atom is -0.126 e. The summed E-state index contributed by atoms with van der Waals surface area (Å²) in [5, 5.41) is 1.25. The fraction of sp³-hybridized carbons (Fsp3) is 0.571. The van der Waals surface area contributed by atoms with Crippen molar-refractivity contribution in [2.75, 3.05) is 0 Å². The number of hydrogen-bond donors (Lipinski definition) is 0. The number of hydrogen-bond acceptors (Lipinski definition) is 2. The maximum absolute atomic E-state index is 3.45. The van der Waals surface area contributed by atoms with Gasteiger partial charge in [0.15, 0.2) is 0 Å². The molecule has 0 spiro atoms. The maximum atomic E-state index is 3.45. The van der Waals surface area contributed by atoms with E-state index in [4.69, 9.17) is 0 Å². The highest BCUT2D eigenvalue weighted by molar-refractivity contribution is 8.04. The van der Waals surface area contributed by atoms with Gasteiger partial charge >= 0.3 is 0 Å². The topological polar surface area (TPSA) is 0 Å². The van der Waals surface area contributed by atoms with Gasteiger partial charge < -0.3 is 0 Å². The van der Waals surface area contributed by atoms with E-state index in [0.29, 0.717) is 22.3 Å². The molecule has 86 valence electrons. The van der Waals surface area contributed by atoms with E-state index < -0.39 is 0 Å². The minimum absolute atomic E-state index is 0.455. The monoisotopic (exact) mass is 250 g/mol. The Hall–Kier alpha value is -0.260. The lowest BCUT2D eigenvalue weighted by atomic mass is 10.0. The van der Waals surface area contributed by atoms with Crippen molar-refractivity contribution >= 4 is 23.5 Å². The van der Waals surface area contributed by atoms with Crippen LogP contribution in [0.25, 0.3) is 0 Å². The first-order valence-corrected chi connectivity index (χ1v) is 7.53. The Labute approximate surface area is 107 Å². The molecular formula is C14H18S2. The molecule has 0 radical (unpaired) electrons. The van der Waals surface area contributed by atoms with Gasteiger partial charge in [-0.05, 0) is 23.7 Å². The quantitative estimate of drug-likeness (QED) is 0.588. The maximum Gasteiger partial charge on any atom is 0.0512 e. The second-order valence-electron chi connectivity index (χ2n) is 4.54. The Balaban J connectivity index is 2.05. The number of rotatable bonds is 0. The molecule has 0 aromatic heterocycles. The van der Waals surface area contributed by atoms with Gasteiger partial charge in [0.2, 0.25) is 0 Å². The molecule has 2 heterocycles. The van der Waals surface area contributed by atoms with Crippen molar-refractivity contribution in [1.82, 2.24) is 0 Å². The normalized spacial score (nSPS) is 37.8. The Kier molecular flexibility index (Phi) is 3.77. The molecule has 0 fully saturated rings. The van der Waals surface area contributed by atoms with Crippen LogP contribution in [0.15, 0.2) is 22.0 Å². The van der Waals surface area contributed by atoms with E-state index in [-0.39, 0.29) is 0 Å². The van der Waals surface area contributed by atoms with E-state index >= 15 is 0 Å². The molecule has 2 aliphatic heterocycles. The molecule has 4 atom stereocenters. The third kappa shape index (κ3) is 2.70. The summed E-state index contributed by atoms with van der Waals surface area (Å²) in [4.78, 5) is 2.85. The Bertz CT molecular complexity index is 359. The molecule has 2 aliphatic rings. The first-order valence-electron chi connectivity index (χ1n) is 5.77. The van der Waals surface area contributed by atoms with Gasteiger partial charge in [-0.3, -0.25) is 0 Å². The molecule has 0 amide bonds. The van der Waals surface area contributed by atoms with Crippen LogP contribution >= 0.6 is 23.5 Å². The van der Waals surface area contributed by atoms with Crippen molar-refractivity contribution in [3.8, 4) is 11.8 Å². The van der Waals surface area contributed by atoms with Crippen LogP contribution in [0.1, 0.15) is 27.7 Å². The smallest absolute Gasteiger partial charge is 0.0512 e. The van der Waals surface area contributed by atoms with E-state index in [1.165, 1.54) is 9.81 Å². The zero-order valence-electron chi connectivity index (χ0n) is 10.3. The Morgan fingerprint density at radius 2 is 1.25 bits per heavy atom. The SMILES string of the molecule is CC1=CC(C#CC2C=C(C)SC2C)C(C)S1. The standard InChI is InChI=1S/C14H18S2/c1-9-7-13(11(3)15-9)5-6-14-8-10(2)16-12(14)4/h7-8,11-14H,1-4H3. The second-order valence-corrected chi connectivity index (χ2v) is 7.79. The van der Waals surface area contributed by atoms with Crippen LogP contribution in [-0.2, 0) is 0 Å². The summed E-state index contributed by atoms with van der Waals surface area (Å²) in [6.45, 7) is 8.90. The molecular weight excluding hydrogens is 232 g/mol. The van der Waals surface area contributed by atoms with E-state index in [9.17, 15) is 0 Å². The van der Waals surface area contributed by atoms with Gasteiger partial charge in [-0.2, -0.15) is 0 Å². The van der Waals surface area contributed by atoms with E-state index in [2.05, 4.69) is 51.7 Å². The minimum atomic E-state index is 0.455. The second kappa shape index (κ2) is 4.94. The summed E-state index contributed by atoms with van der Waals surface area (Å²) in [5.41, 5.74) is 0. The summed E-state index contributed by atoms with van der Waals surface area (Å²) in [6.07, 6.45) is 4.62. The molecule has 0 bridgehead atoms. The summed E-state index contributed by atoms with van der Waals surface area (Å²) in [6, 6.07) is 0. The first-order chi connectivity index (χ1) is 7.56. The van der Waals surface area contributed by atoms with Crippen molar-refractivity contribution in [2.45, 2.75) is 38.2 Å². The van der Waals surface area contributed by atoms with Crippen LogP contribution < -0.4 is 0 Å². The largest absolute Gasteiger partial charge is 0.126 e. The highest BCUT2D eigenvalue weighted by Crippen LogP contribution is 2.37. The fourth-order valence-electron chi connectivity index (χ4n) is 2.10. The van der Waals surface area contributed by atoms with Crippen LogP contribution in [0.3, 0.4) is 0 Å². The predicted molar refractivity (Wildman–Crippen MR) is 76.4 cm³/mol. The Morgan fingerprint density at radius 3 is 1.50 bits per heavy atom. The zero-order valence-corrected chi connectivity index (χ0v) is 11.9. The van der Waals surface area contributed by atoms with Gasteiger partial charge in [0.05, 0.1) is 11.8 Å². The summed E-state index contributed by atoms with van der Waals surface area (Å²) in [5.74, 6) is 7.81. The van der Waals surface area contributed by atoms with E-state index in [1.807, 2.05) is 23.5 Å². The van der Waals surface area contributed by atoms with Crippen molar-refractivity contribution in [3.63, 3.8) is 0 Å². The molecule has 0 aromatic carbocycles. The van der Waals surface area contributed by atoms with Gasteiger partial charge in [0.1, 0.15) is 0 Å². The molecule has 16 heavy (non-hydrogen) atoms. The van der Waals surface area contributed by atoms with E-state index in [1.54, 1.807) is 0 Å². The van der Waals surface area contributed by atoms with Crippen LogP contribution in [0, 0.1) is 23.7 Å². The number of thioether (sulfide) groups is 2. The van der Waals surface area contributed by atoms with Crippen LogP contribution in [0.4, 0.5) is 0 Å². The fourth-order valence-corrected chi connectivity index (χ4v) is 4.31. The van der Waals surface area contributed by atoms with Gasteiger partial charge in [0.25, 0.3) is 0 Å². The van der Waals surface area contributed by atoms with Gasteiger partial charge in [0, 0.05) is 10.5 Å². The van der Waals surface area contributed by atoms with Crippen LogP contribution in [0.2, 0.25) is 0 Å². The molecule has 0 saturated carbocycles. The van der Waals surface area contributed by atoms with Gasteiger partial charge in [-0.25, -0.2) is 0 Å². The molecule has 0 nitrogen and oxygen atoms in total. The van der Waals surface area contributed by atoms with Crippen LogP contribution in [-0.4, -0.2) is 10.5 Å².